The minimum Gasteiger partial charge on any atom is -0.496 e. The number of hydrogen-bond donors (Lipinski definition) is 1. The van der Waals surface area contributed by atoms with E-state index in [0.717, 1.165) is 16.9 Å². The number of carbonyl (C=O) groups excluding carboxylic acids is 1. The van der Waals surface area contributed by atoms with Gasteiger partial charge in [0.1, 0.15) is 5.75 Å². The number of nitrogens with one attached hydrogen (secondary N) is 1. The van der Waals surface area contributed by atoms with Crippen molar-refractivity contribution in [1.82, 2.24) is 9.62 Å². The fourth-order valence-electron chi connectivity index (χ4n) is 3.16. The molecule has 6 nitrogen and oxygen atoms in total. The Balaban J connectivity index is 1.93. The van der Waals surface area contributed by atoms with Crippen LogP contribution < -0.4 is 10.1 Å². The van der Waals surface area contributed by atoms with Gasteiger partial charge in [-0.05, 0) is 50.8 Å². The van der Waals surface area contributed by atoms with E-state index < -0.39 is 10.0 Å². The molecule has 0 aromatic heterocycles. The first-order valence-electron chi connectivity index (χ1n) is 8.71. The number of carbonyl (C=O) groups is 1. The van der Waals surface area contributed by atoms with Gasteiger partial charge in [0, 0.05) is 19.0 Å². The number of nitrogens with zero attached hydrogens (tertiary/aromatic N) is 1. The molecule has 1 fully saturated rings. The summed E-state index contributed by atoms with van der Waals surface area (Å²) in [5.41, 5.74) is 2.05. The molecule has 0 aliphatic carbocycles. The molecule has 7 heteroatoms. The molecule has 1 aromatic rings. The second kappa shape index (κ2) is 8.19. The number of aryl methyl sites for hydroxylation is 1. The minimum atomic E-state index is -3.16. The van der Waals surface area contributed by atoms with Crippen LogP contribution in [-0.4, -0.2) is 44.6 Å². The van der Waals surface area contributed by atoms with Gasteiger partial charge in [-0.3, -0.25) is 4.79 Å². The van der Waals surface area contributed by atoms with E-state index in [1.165, 1.54) is 4.31 Å². The van der Waals surface area contributed by atoms with Crippen LogP contribution in [0.1, 0.15) is 43.9 Å². The smallest absolute Gasteiger partial charge is 0.223 e. The van der Waals surface area contributed by atoms with E-state index in [9.17, 15) is 13.2 Å². The molecule has 0 saturated carbocycles. The average molecular weight is 368 g/mol. The molecular formula is C18H28N2O4S. The molecule has 1 aliphatic heterocycles. The topological polar surface area (TPSA) is 75.7 Å². The highest BCUT2D eigenvalue weighted by Gasteiger charge is 2.30. The van der Waals surface area contributed by atoms with Gasteiger partial charge < -0.3 is 10.1 Å². The van der Waals surface area contributed by atoms with Crippen LogP contribution in [0.4, 0.5) is 0 Å². The summed E-state index contributed by atoms with van der Waals surface area (Å²) in [6, 6.07) is 5.77. The first-order valence-corrected chi connectivity index (χ1v) is 10.3. The molecule has 0 radical (unpaired) electrons. The SMILES string of the molecule is CCS(=O)(=O)N1CCC(C(=O)NC(C)c2ccc(OC)c(C)c2)CC1. The van der Waals surface area contributed by atoms with Crippen LogP contribution in [-0.2, 0) is 14.8 Å². The van der Waals surface area contributed by atoms with E-state index in [1.54, 1.807) is 14.0 Å². The molecule has 0 spiro atoms. The third-order valence-corrected chi connectivity index (χ3v) is 6.74. The number of rotatable bonds is 6. The maximum absolute atomic E-state index is 12.5. The number of amides is 1. The number of piperidine rings is 1. The highest BCUT2D eigenvalue weighted by Crippen LogP contribution is 2.24. The van der Waals surface area contributed by atoms with E-state index in [2.05, 4.69) is 5.32 Å². The van der Waals surface area contributed by atoms with Gasteiger partial charge in [-0.25, -0.2) is 12.7 Å². The molecule has 25 heavy (non-hydrogen) atoms. The standard InChI is InChI=1S/C18H28N2O4S/c1-5-25(22,23)20-10-8-15(9-11-20)18(21)19-14(3)16-6-7-17(24-4)13(2)12-16/h6-7,12,14-15H,5,8-11H2,1-4H3,(H,19,21). The summed E-state index contributed by atoms with van der Waals surface area (Å²) < 4.78 is 30.5. The average Bonchev–Trinajstić information content (AvgIpc) is 2.61. The summed E-state index contributed by atoms with van der Waals surface area (Å²) in [7, 11) is -1.52. The Labute approximate surface area is 150 Å². The number of ether oxygens (including phenoxy) is 1. The number of sulfonamides is 1. The van der Waals surface area contributed by atoms with Crippen LogP contribution in [0.2, 0.25) is 0 Å². The third kappa shape index (κ3) is 4.73. The summed E-state index contributed by atoms with van der Waals surface area (Å²) >= 11 is 0. The van der Waals surface area contributed by atoms with Crippen molar-refractivity contribution in [1.29, 1.82) is 0 Å². The normalized spacial score (nSPS) is 17.9. The van der Waals surface area contributed by atoms with Gasteiger partial charge in [-0.1, -0.05) is 12.1 Å². The van der Waals surface area contributed by atoms with Gasteiger partial charge in [0.15, 0.2) is 0 Å². The van der Waals surface area contributed by atoms with E-state index in [1.807, 2.05) is 32.0 Å². The lowest BCUT2D eigenvalue weighted by Crippen LogP contribution is -2.43. The predicted molar refractivity (Wildman–Crippen MR) is 98.0 cm³/mol. The molecule has 1 unspecified atom stereocenters. The predicted octanol–water partition coefficient (Wildman–Crippen LogP) is 2.24. The minimum absolute atomic E-state index is 0.00508. The summed E-state index contributed by atoms with van der Waals surface area (Å²) in [4.78, 5) is 12.5. The second-order valence-electron chi connectivity index (χ2n) is 6.53. The van der Waals surface area contributed by atoms with E-state index in [-0.39, 0.29) is 23.6 Å². The molecule has 1 saturated heterocycles. The first-order chi connectivity index (χ1) is 11.8. The first kappa shape index (κ1) is 19.7. The van der Waals surface area contributed by atoms with Gasteiger partial charge in [-0.15, -0.1) is 0 Å². The molecule has 1 amide bonds. The lowest BCUT2D eigenvalue weighted by Gasteiger charge is -2.31. The van der Waals surface area contributed by atoms with Gasteiger partial charge in [0.05, 0.1) is 18.9 Å². The van der Waals surface area contributed by atoms with Crippen LogP contribution in [0.5, 0.6) is 5.75 Å². The summed E-state index contributed by atoms with van der Waals surface area (Å²) in [5, 5.41) is 3.05. The number of methoxy groups -OCH3 is 1. The van der Waals surface area contributed by atoms with Crippen molar-refractivity contribution in [3.05, 3.63) is 29.3 Å². The van der Waals surface area contributed by atoms with Crippen molar-refractivity contribution < 1.29 is 17.9 Å². The van der Waals surface area contributed by atoms with E-state index in [4.69, 9.17) is 4.74 Å². The Hall–Kier alpha value is -1.60. The van der Waals surface area contributed by atoms with Crippen LogP contribution in [0.25, 0.3) is 0 Å². The molecule has 1 aliphatic rings. The zero-order valence-corrected chi connectivity index (χ0v) is 16.2. The van der Waals surface area contributed by atoms with Crippen LogP contribution in [0, 0.1) is 12.8 Å². The van der Waals surface area contributed by atoms with Gasteiger partial charge in [-0.2, -0.15) is 0 Å². The third-order valence-electron chi connectivity index (χ3n) is 4.86. The maximum Gasteiger partial charge on any atom is 0.223 e. The van der Waals surface area contributed by atoms with Crippen molar-refractivity contribution in [2.45, 2.75) is 39.7 Å². The highest BCUT2D eigenvalue weighted by atomic mass is 32.2. The van der Waals surface area contributed by atoms with Gasteiger partial charge in [0.25, 0.3) is 0 Å². The molecule has 1 aromatic carbocycles. The van der Waals surface area contributed by atoms with Crippen molar-refractivity contribution in [3.63, 3.8) is 0 Å². The highest BCUT2D eigenvalue weighted by molar-refractivity contribution is 7.89. The Bertz CT molecular complexity index is 710. The fraction of sp³-hybridized carbons (Fsp3) is 0.611. The molecule has 0 bridgehead atoms. The molecule has 1 heterocycles. The quantitative estimate of drug-likeness (QED) is 0.835. The van der Waals surface area contributed by atoms with E-state index in [0.29, 0.717) is 25.9 Å². The van der Waals surface area contributed by atoms with Crippen molar-refractivity contribution >= 4 is 15.9 Å². The summed E-state index contributed by atoms with van der Waals surface area (Å²) in [5.74, 6) is 0.795. The fourth-order valence-corrected chi connectivity index (χ4v) is 4.30. The van der Waals surface area contributed by atoms with Crippen LogP contribution >= 0.6 is 0 Å². The maximum atomic E-state index is 12.5. The molecule has 1 N–H and O–H groups in total. The monoisotopic (exact) mass is 368 g/mol. The Morgan fingerprint density at radius 1 is 1.36 bits per heavy atom. The van der Waals surface area contributed by atoms with Crippen LogP contribution in [0.3, 0.4) is 0 Å². The largest absolute Gasteiger partial charge is 0.496 e. The Morgan fingerprint density at radius 3 is 2.52 bits per heavy atom. The lowest BCUT2D eigenvalue weighted by molar-refractivity contribution is -0.126. The van der Waals surface area contributed by atoms with Crippen molar-refractivity contribution in [2.75, 3.05) is 26.0 Å². The molecule has 2 rings (SSSR count). The van der Waals surface area contributed by atoms with Crippen molar-refractivity contribution in [3.8, 4) is 5.75 Å². The number of hydrogen-bond acceptors (Lipinski definition) is 4. The van der Waals surface area contributed by atoms with Gasteiger partial charge in [0.2, 0.25) is 15.9 Å². The van der Waals surface area contributed by atoms with Crippen LogP contribution in [0.15, 0.2) is 18.2 Å². The van der Waals surface area contributed by atoms with Crippen molar-refractivity contribution in [2.24, 2.45) is 5.92 Å². The molecule has 140 valence electrons. The summed E-state index contributed by atoms with van der Waals surface area (Å²) in [6.45, 7) is 6.41. The molecular weight excluding hydrogens is 340 g/mol. The lowest BCUT2D eigenvalue weighted by atomic mass is 9.96. The molecule has 1 atom stereocenters. The number of benzene rings is 1. The summed E-state index contributed by atoms with van der Waals surface area (Å²) in [6.07, 6.45) is 1.14. The van der Waals surface area contributed by atoms with Gasteiger partial charge >= 0.3 is 0 Å². The Morgan fingerprint density at radius 2 is 2.00 bits per heavy atom. The Kier molecular flexibility index (Phi) is 6.46. The zero-order chi connectivity index (χ0) is 18.6. The van der Waals surface area contributed by atoms with E-state index >= 15 is 0 Å². The zero-order valence-electron chi connectivity index (χ0n) is 15.4. The second-order valence-corrected chi connectivity index (χ2v) is 8.79.